The molecule has 3 aromatic rings. The molecular weight excluding hydrogens is 418 g/mol. The lowest BCUT2D eigenvalue weighted by molar-refractivity contribution is -0.132. The Morgan fingerprint density at radius 3 is 2.55 bits per heavy atom. The van der Waals surface area contributed by atoms with Gasteiger partial charge in [-0.25, -0.2) is 15.0 Å². The molecule has 4 rings (SSSR count). The number of nitrogens with zero attached hydrogens (tertiary/aromatic N) is 5. The van der Waals surface area contributed by atoms with Crippen molar-refractivity contribution in [3.8, 4) is 11.3 Å². The Kier molecular flexibility index (Phi) is 6.58. The zero-order chi connectivity index (χ0) is 23.4. The molecule has 4 heterocycles. The number of aromatic nitrogens is 4. The van der Waals surface area contributed by atoms with E-state index in [0.717, 1.165) is 24.1 Å². The number of piperidine rings is 1. The van der Waals surface area contributed by atoms with Crippen molar-refractivity contribution >= 4 is 29.3 Å². The summed E-state index contributed by atoms with van der Waals surface area (Å²) in [6, 6.07) is 11.2. The lowest BCUT2D eigenvalue weighted by atomic mass is 9.92. The van der Waals surface area contributed by atoms with Crippen LogP contribution in [0.25, 0.3) is 11.3 Å². The molecule has 2 N–H and O–H groups in total. The van der Waals surface area contributed by atoms with Gasteiger partial charge in [-0.05, 0) is 44.0 Å². The molecule has 9 heteroatoms. The van der Waals surface area contributed by atoms with Gasteiger partial charge in [-0.15, -0.1) is 0 Å². The third-order valence-electron chi connectivity index (χ3n) is 5.66. The van der Waals surface area contributed by atoms with Gasteiger partial charge in [0.2, 0.25) is 11.8 Å². The minimum absolute atomic E-state index is 0.0287. The average molecular weight is 446 g/mol. The number of likely N-dealkylation sites (tertiary alicyclic amines) is 1. The predicted molar refractivity (Wildman–Crippen MR) is 126 cm³/mol. The lowest BCUT2D eigenvalue weighted by Gasteiger charge is -2.37. The number of rotatable bonds is 5. The molecule has 0 aliphatic carbocycles. The van der Waals surface area contributed by atoms with Gasteiger partial charge >= 0.3 is 0 Å². The second-order valence-corrected chi connectivity index (χ2v) is 8.25. The average Bonchev–Trinajstić information content (AvgIpc) is 2.79. The van der Waals surface area contributed by atoms with Crippen molar-refractivity contribution in [2.24, 2.45) is 0 Å². The van der Waals surface area contributed by atoms with E-state index in [4.69, 9.17) is 9.97 Å². The van der Waals surface area contributed by atoms with Crippen LogP contribution in [0.1, 0.15) is 45.4 Å². The largest absolute Gasteiger partial charge is 0.340 e. The standard InChI is InChI=1S/C24H27N7O2/c1-15-9-10-19(14-31(15)17(3)33)24-27-20(18-6-5-11-25-13-18)12-23(30-24)29-22-8-4-7-21(28-22)26-16(2)32/h4-8,11-13,15,19H,9-10,14H2,1-3H3,(H2,26,27,28,29,30,32)/t15-,19+/m0/s1. The van der Waals surface area contributed by atoms with Gasteiger partial charge in [0.1, 0.15) is 23.3 Å². The monoisotopic (exact) mass is 445 g/mol. The highest BCUT2D eigenvalue weighted by atomic mass is 16.2. The van der Waals surface area contributed by atoms with Gasteiger partial charge in [-0.1, -0.05) is 6.07 Å². The number of anilines is 3. The van der Waals surface area contributed by atoms with Crippen LogP contribution in [0.2, 0.25) is 0 Å². The Balaban J connectivity index is 1.69. The van der Waals surface area contributed by atoms with E-state index in [1.54, 1.807) is 37.5 Å². The number of amides is 2. The maximum absolute atomic E-state index is 12.1. The first-order chi connectivity index (χ1) is 15.9. The molecule has 1 aliphatic rings. The van der Waals surface area contributed by atoms with Crippen LogP contribution in [0.15, 0.2) is 48.8 Å². The number of hydrogen-bond donors (Lipinski definition) is 2. The molecule has 2 amide bonds. The minimum atomic E-state index is -0.190. The Hall–Kier alpha value is -3.88. The van der Waals surface area contributed by atoms with E-state index in [-0.39, 0.29) is 23.8 Å². The van der Waals surface area contributed by atoms with Crippen molar-refractivity contribution < 1.29 is 9.59 Å². The van der Waals surface area contributed by atoms with Crippen molar-refractivity contribution in [2.75, 3.05) is 17.2 Å². The van der Waals surface area contributed by atoms with Crippen LogP contribution in [0.4, 0.5) is 17.5 Å². The van der Waals surface area contributed by atoms with Gasteiger partial charge in [-0.2, -0.15) is 0 Å². The smallest absolute Gasteiger partial charge is 0.222 e. The Bertz CT molecular complexity index is 1150. The molecule has 2 atom stereocenters. The van der Waals surface area contributed by atoms with Crippen molar-refractivity contribution in [3.63, 3.8) is 0 Å². The van der Waals surface area contributed by atoms with Gasteiger partial charge in [0.05, 0.1) is 5.69 Å². The Morgan fingerprint density at radius 1 is 1.00 bits per heavy atom. The number of nitrogens with one attached hydrogen (secondary N) is 2. The van der Waals surface area contributed by atoms with Gasteiger partial charge < -0.3 is 15.5 Å². The summed E-state index contributed by atoms with van der Waals surface area (Å²) in [7, 11) is 0. The van der Waals surface area contributed by atoms with Crippen molar-refractivity contribution in [3.05, 3.63) is 54.6 Å². The quantitative estimate of drug-likeness (QED) is 0.615. The van der Waals surface area contributed by atoms with E-state index < -0.39 is 0 Å². The number of pyridine rings is 2. The highest BCUT2D eigenvalue weighted by molar-refractivity contribution is 5.87. The van der Waals surface area contributed by atoms with Crippen molar-refractivity contribution in [2.45, 2.75) is 45.6 Å². The minimum Gasteiger partial charge on any atom is -0.340 e. The SMILES string of the molecule is CC(=O)Nc1cccc(Nc2cc(-c3cccnc3)nc([C@@H]3CC[C@H](C)N(C(C)=O)C3)n2)n1. The zero-order valence-electron chi connectivity index (χ0n) is 18.9. The first-order valence-corrected chi connectivity index (χ1v) is 11.0. The molecule has 0 spiro atoms. The summed E-state index contributed by atoms with van der Waals surface area (Å²) in [4.78, 5) is 43.6. The van der Waals surface area contributed by atoms with Gasteiger partial charge in [-0.3, -0.25) is 14.6 Å². The lowest BCUT2D eigenvalue weighted by Crippen LogP contribution is -2.44. The fourth-order valence-corrected chi connectivity index (χ4v) is 4.02. The third kappa shape index (κ3) is 5.49. The molecule has 9 nitrogen and oxygen atoms in total. The number of carbonyl (C=O) groups excluding carboxylic acids is 2. The molecule has 0 radical (unpaired) electrons. The molecule has 33 heavy (non-hydrogen) atoms. The maximum atomic E-state index is 12.1. The molecule has 1 fully saturated rings. The fraction of sp³-hybridized carbons (Fsp3) is 0.333. The highest BCUT2D eigenvalue weighted by Gasteiger charge is 2.30. The second kappa shape index (κ2) is 9.72. The maximum Gasteiger partial charge on any atom is 0.222 e. The van der Waals surface area contributed by atoms with Crippen LogP contribution in [0.5, 0.6) is 0 Å². The van der Waals surface area contributed by atoms with E-state index in [1.165, 1.54) is 6.92 Å². The first-order valence-electron chi connectivity index (χ1n) is 11.0. The molecule has 1 saturated heterocycles. The molecule has 0 saturated carbocycles. The summed E-state index contributed by atoms with van der Waals surface area (Å²) >= 11 is 0. The van der Waals surface area contributed by atoms with E-state index in [2.05, 4.69) is 27.5 Å². The summed E-state index contributed by atoms with van der Waals surface area (Å²) in [6.07, 6.45) is 5.27. The van der Waals surface area contributed by atoms with Crippen LogP contribution in [0, 0.1) is 0 Å². The normalized spacial score (nSPS) is 18.0. The molecule has 0 bridgehead atoms. The fourth-order valence-electron chi connectivity index (χ4n) is 4.02. The Labute approximate surface area is 192 Å². The van der Waals surface area contributed by atoms with Crippen LogP contribution < -0.4 is 10.6 Å². The van der Waals surface area contributed by atoms with Crippen LogP contribution >= 0.6 is 0 Å². The highest BCUT2D eigenvalue weighted by Crippen LogP contribution is 2.31. The molecule has 0 unspecified atom stereocenters. The van der Waals surface area contributed by atoms with Crippen molar-refractivity contribution in [1.29, 1.82) is 0 Å². The van der Waals surface area contributed by atoms with Crippen LogP contribution in [-0.4, -0.2) is 49.2 Å². The van der Waals surface area contributed by atoms with Crippen LogP contribution in [-0.2, 0) is 9.59 Å². The molecule has 1 aliphatic heterocycles. The van der Waals surface area contributed by atoms with E-state index in [9.17, 15) is 9.59 Å². The Morgan fingerprint density at radius 2 is 1.82 bits per heavy atom. The third-order valence-corrected chi connectivity index (χ3v) is 5.66. The number of carbonyl (C=O) groups is 2. The first kappa shape index (κ1) is 22.3. The molecular formula is C24H27N7O2. The van der Waals surface area contributed by atoms with Gasteiger partial charge in [0, 0.05) is 56.4 Å². The molecule has 0 aromatic carbocycles. The van der Waals surface area contributed by atoms with Crippen molar-refractivity contribution in [1.82, 2.24) is 24.8 Å². The topological polar surface area (TPSA) is 113 Å². The van der Waals surface area contributed by atoms with Gasteiger partial charge in [0.15, 0.2) is 0 Å². The number of hydrogen-bond acceptors (Lipinski definition) is 7. The summed E-state index contributed by atoms with van der Waals surface area (Å²) < 4.78 is 0. The van der Waals surface area contributed by atoms with Gasteiger partial charge in [0.25, 0.3) is 0 Å². The summed E-state index contributed by atoms with van der Waals surface area (Å²) in [5, 5.41) is 5.92. The summed E-state index contributed by atoms with van der Waals surface area (Å²) in [5.74, 6) is 2.16. The predicted octanol–water partition coefficient (Wildman–Crippen LogP) is 3.75. The zero-order valence-corrected chi connectivity index (χ0v) is 18.9. The van der Waals surface area contributed by atoms with E-state index in [1.807, 2.05) is 23.1 Å². The molecule has 3 aromatic heterocycles. The second-order valence-electron chi connectivity index (χ2n) is 8.25. The molecule has 170 valence electrons. The summed E-state index contributed by atoms with van der Waals surface area (Å²) in [5.41, 5.74) is 1.61. The van der Waals surface area contributed by atoms with Crippen LogP contribution in [0.3, 0.4) is 0 Å². The summed E-state index contributed by atoms with van der Waals surface area (Å²) in [6.45, 7) is 5.70. The van der Waals surface area contributed by atoms with E-state index in [0.29, 0.717) is 29.8 Å². The van der Waals surface area contributed by atoms with E-state index >= 15 is 0 Å².